The van der Waals surface area contributed by atoms with Gasteiger partial charge in [0.25, 0.3) is 0 Å². The summed E-state index contributed by atoms with van der Waals surface area (Å²) in [4.78, 5) is 7.20. The van der Waals surface area contributed by atoms with Crippen molar-refractivity contribution in [1.82, 2.24) is 4.98 Å². The third kappa shape index (κ3) is 2.46. The van der Waals surface area contributed by atoms with Gasteiger partial charge in [-0.25, -0.2) is 4.98 Å². The van der Waals surface area contributed by atoms with Gasteiger partial charge in [0.05, 0.1) is 18.0 Å². The molecule has 2 aromatic rings. The lowest BCUT2D eigenvalue weighted by Crippen LogP contribution is -2.31. The molecule has 0 atom stereocenters. The maximum Gasteiger partial charge on any atom is 0.133 e. The number of rotatable bonds is 2. The van der Waals surface area contributed by atoms with Crippen LogP contribution in [0.1, 0.15) is 30.4 Å². The molecule has 0 aliphatic carbocycles. The van der Waals surface area contributed by atoms with Crippen LogP contribution in [0.3, 0.4) is 0 Å². The normalized spacial score (nSPS) is 15.3. The Kier molecular flexibility index (Phi) is 3.56. The number of nitriles is 1. The van der Waals surface area contributed by atoms with Crippen LogP contribution < -0.4 is 4.90 Å². The van der Waals surface area contributed by atoms with Crippen LogP contribution in [0.25, 0.3) is 10.9 Å². The number of aromatic nitrogens is 1. The van der Waals surface area contributed by atoms with Crippen LogP contribution in [0, 0.1) is 18.3 Å². The number of anilines is 1. The average Bonchev–Trinajstić information content (AvgIpc) is 2.48. The number of benzene rings is 1. The van der Waals surface area contributed by atoms with E-state index in [0.29, 0.717) is 6.42 Å². The summed E-state index contributed by atoms with van der Waals surface area (Å²) in [5.74, 6) is 1.02. The van der Waals surface area contributed by atoms with Gasteiger partial charge >= 0.3 is 0 Å². The van der Waals surface area contributed by atoms with Crippen molar-refractivity contribution in [3.05, 3.63) is 35.4 Å². The number of hydrogen-bond acceptors (Lipinski definition) is 3. The van der Waals surface area contributed by atoms with Crippen molar-refractivity contribution in [2.24, 2.45) is 0 Å². The lowest BCUT2D eigenvalue weighted by Gasteiger charge is -2.29. The molecule has 3 nitrogen and oxygen atoms in total. The second-order valence-electron chi connectivity index (χ2n) is 5.55. The van der Waals surface area contributed by atoms with E-state index in [4.69, 9.17) is 10.2 Å². The number of aryl methyl sites for hydroxylation is 1. The van der Waals surface area contributed by atoms with E-state index in [-0.39, 0.29) is 0 Å². The summed E-state index contributed by atoms with van der Waals surface area (Å²) < 4.78 is 0. The van der Waals surface area contributed by atoms with Crippen LogP contribution >= 0.6 is 0 Å². The third-order valence-electron chi connectivity index (χ3n) is 3.95. The van der Waals surface area contributed by atoms with Crippen LogP contribution in [0.2, 0.25) is 0 Å². The highest BCUT2D eigenvalue weighted by molar-refractivity contribution is 5.82. The summed E-state index contributed by atoms with van der Waals surface area (Å²) in [5.41, 5.74) is 3.32. The van der Waals surface area contributed by atoms with E-state index < -0.39 is 0 Å². The molecule has 102 valence electrons. The van der Waals surface area contributed by atoms with Gasteiger partial charge in [-0.1, -0.05) is 12.1 Å². The van der Waals surface area contributed by atoms with Gasteiger partial charge < -0.3 is 4.90 Å². The number of pyridine rings is 1. The van der Waals surface area contributed by atoms with E-state index in [1.807, 2.05) is 0 Å². The number of piperidine rings is 1. The smallest absolute Gasteiger partial charge is 0.133 e. The van der Waals surface area contributed by atoms with E-state index >= 15 is 0 Å². The van der Waals surface area contributed by atoms with Crippen molar-refractivity contribution in [2.75, 3.05) is 18.0 Å². The van der Waals surface area contributed by atoms with Crippen LogP contribution in [0.4, 0.5) is 5.82 Å². The van der Waals surface area contributed by atoms with Gasteiger partial charge in [-0.15, -0.1) is 0 Å². The van der Waals surface area contributed by atoms with Crippen LogP contribution in [-0.2, 0) is 6.42 Å². The van der Waals surface area contributed by atoms with Crippen molar-refractivity contribution in [3.63, 3.8) is 0 Å². The lowest BCUT2D eigenvalue weighted by atomic mass is 10.1. The molecule has 3 heteroatoms. The van der Waals surface area contributed by atoms with Gasteiger partial charge in [-0.3, -0.25) is 0 Å². The lowest BCUT2D eigenvalue weighted by molar-refractivity contribution is 0.573. The fraction of sp³-hybridized carbons (Fsp3) is 0.412. The molecule has 0 saturated carbocycles. The first-order valence-corrected chi connectivity index (χ1v) is 7.30. The standard InChI is InChI=1S/C17H19N3/c1-13-5-6-14-12-15(7-8-18)17(19-16(14)11-13)20-9-3-2-4-10-20/h5-6,11-12H,2-4,7,9-10H2,1H3. The molecule has 1 saturated heterocycles. The molecule has 0 unspecified atom stereocenters. The minimum absolute atomic E-state index is 0.433. The second-order valence-corrected chi connectivity index (χ2v) is 5.55. The molecular formula is C17H19N3. The maximum absolute atomic E-state index is 9.06. The van der Waals surface area contributed by atoms with Crippen molar-refractivity contribution in [1.29, 1.82) is 5.26 Å². The van der Waals surface area contributed by atoms with Crippen molar-refractivity contribution in [2.45, 2.75) is 32.6 Å². The highest BCUT2D eigenvalue weighted by atomic mass is 15.2. The monoisotopic (exact) mass is 265 g/mol. The summed E-state index contributed by atoms with van der Waals surface area (Å²) in [5, 5.41) is 10.2. The first kappa shape index (κ1) is 12.9. The molecule has 1 aromatic carbocycles. The molecule has 0 bridgehead atoms. The molecule has 1 aliphatic heterocycles. The summed E-state index contributed by atoms with van der Waals surface area (Å²) in [6.07, 6.45) is 4.18. The molecule has 0 N–H and O–H groups in total. The van der Waals surface area contributed by atoms with Crippen LogP contribution in [0.5, 0.6) is 0 Å². The summed E-state index contributed by atoms with van der Waals surface area (Å²) >= 11 is 0. The topological polar surface area (TPSA) is 39.9 Å². The maximum atomic E-state index is 9.06. The number of nitrogens with zero attached hydrogens (tertiary/aromatic N) is 3. The highest BCUT2D eigenvalue weighted by Gasteiger charge is 2.16. The van der Waals surface area contributed by atoms with Gasteiger partial charge in [0.2, 0.25) is 0 Å². The van der Waals surface area contributed by atoms with Gasteiger partial charge in [-0.05, 0) is 43.9 Å². The largest absolute Gasteiger partial charge is 0.356 e. The zero-order valence-corrected chi connectivity index (χ0v) is 11.9. The SMILES string of the molecule is Cc1ccc2cc(CC#N)c(N3CCCCC3)nc2c1. The highest BCUT2D eigenvalue weighted by Crippen LogP contribution is 2.27. The summed E-state index contributed by atoms with van der Waals surface area (Å²) in [6.45, 7) is 4.20. The molecule has 0 spiro atoms. The van der Waals surface area contributed by atoms with Gasteiger partial charge in [0.1, 0.15) is 5.82 Å². The van der Waals surface area contributed by atoms with Crippen LogP contribution in [0.15, 0.2) is 24.3 Å². The van der Waals surface area contributed by atoms with E-state index in [1.165, 1.54) is 24.8 Å². The predicted octanol–water partition coefficient (Wildman–Crippen LogP) is 3.60. The van der Waals surface area contributed by atoms with E-state index in [0.717, 1.165) is 35.4 Å². The van der Waals surface area contributed by atoms with Gasteiger partial charge in [0, 0.05) is 24.0 Å². The molecule has 0 amide bonds. The Hall–Kier alpha value is -2.08. The predicted molar refractivity (Wildman–Crippen MR) is 81.9 cm³/mol. The number of hydrogen-bond donors (Lipinski definition) is 0. The molecular weight excluding hydrogens is 246 g/mol. The average molecular weight is 265 g/mol. The molecule has 0 radical (unpaired) electrons. The van der Waals surface area contributed by atoms with E-state index in [9.17, 15) is 0 Å². The van der Waals surface area contributed by atoms with Crippen molar-refractivity contribution >= 4 is 16.7 Å². The third-order valence-corrected chi connectivity index (χ3v) is 3.95. The molecule has 2 heterocycles. The Morgan fingerprint density at radius 1 is 1.20 bits per heavy atom. The molecule has 1 fully saturated rings. The van der Waals surface area contributed by atoms with Crippen molar-refractivity contribution < 1.29 is 0 Å². The van der Waals surface area contributed by atoms with Crippen LogP contribution in [-0.4, -0.2) is 18.1 Å². The van der Waals surface area contributed by atoms with E-state index in [1.54, 1.807) is 0 Å². The summed E-state index contributed by atoms with van der Waals surface area (Å²) in [6, 6.07) is 10.7. The minimum atomic E-state index is 0.433. The Balaban J connectivity index is 2.11. The molecule has 3 rings (SSSR count). The Labute approximate surface area is 119 Å². The Morgan fingerprint density at radius 3 is 2.75 bits per heavy atom. The number of fused-ring (bicyclic) bond motifs is 1. The zero-order chi connectivity index (χ0) is 13.9. The molecule has 1 aliphatic rings. The Morgan fingerprint density at radius 2 is 2.00 bits per heavy atom. The quantitative estimate of drug-likeness (QED) is 0.833. The fourth-order valence-corrected chi connectivity index (χ4v) is 2.91. The minimum Gasteiger partial charge on any atom is -0.356 e. The summed E-state index contributed by atoms with van der Waals surface area (Å²) in [7, 11) is 0. The van der Waals surface area contributed by atoms with Gasteiger partial charge in [-0.2, -0.15) is 5.26 Å². The van der Waals surface area contributed by atoms with Crippen molar-refractivity contribution in [3.8, 4) is 6.07 Å². The second kappa shape index (κ2) is 5.50. The van der Waals surface area contributed by atoms with Gasteiger partial charge in [0.15, 0.2) is 0 Å². The molecule has 1 aromatic heterocycles. The first-order valence-electron chi connectivity index (χ1n) is 7.30. The molecule has 20 heavy (non-hydrogen) atoms. The fourth-order valence-electron chi connectivity index (χ4n) is 2.91. The zero-order valence-electron chi connectivity index (χ0n) is 11.9. The Bertz CT molecular complexity index is 664. The first-order chi connectivity index (χ1) is 9.78. The van der Waals surface area contributed by atoms with E-state index in [2.05, 4.69) is 42.2 Å².